The van der Waals surface area contributed by atoms with Crippen molar-refractivity contribution in [1.82, 2.24) is 5.43 Å². The number of aliphatic hydroxyl groups is 1. The van der Waals surface area contributed by atoms with E-state index >= 15 is 0 Å². The van der Waals surface area contributed by atoms with Crippen LogP contribution in [0, 0.1) is 0 Å². The highest BCUT2D eigenvalue weighted by Crippen LogP contribution is 2.20. The van der Waals surface area contributed by atoms with E-state index in [0.29, 0.717) is 12.1 Å². The Bertz CT molecular complexity index is 326. The lowest BCUT2D eigenvalue weighted by molar-refractivity contribution is 0.294. The lowest BCUT2D eigenvalue weighted by Crippen LogP contribution is -2.11. The topological polar surface area (TPSA) is 85.1 Å². The molecule has 0 amide bonds. The van der Waals surface area contributed by atoms with Gasteiger partial charge in [0.05, 0.1) is 19.4 Å². The van der Waals surface area contributed by atoms with Crippen LogP contribution in [0.1, 0.15) is 5.56 Å². The second-order valence-electron chi connectivity index (χ2n) is 2.63. The molecule has 4 N–H and O–H groups in total. The van der Waals surface area contributed by atoms with Crippen LogP contribution < -0.4 is 5.43 Å². The Morgan fingerprint density at radius 1 is 1.36 bits per heavy atom. The predicted octanol–water partition coefficient (Wildman–Crippen LogP) is 0.0136. The molecule has 0 atom stereocenters. The number of aliphatic hydroxyl groups excluding tert-OH is 1. The molecule has 0 unspecified atom stereocenters. The van der Waals surface area contributed by atoms with Gasteiger partial charge in [0.2, 0.25) is 0 Å². The van der Waals surface area contributed by atoms with E-state index in [9.17, 15) is 5.11 Å². The first-order valence-corrected chi connectivity index (χ1v) is 4.13. The van der Waals surface area contributed by atoms with E-state index in [-0.39, 0.29) is 18.1 Å². The number of aromatic hydroxyl groups is 2. The van der Waals surface area contributed by atoms with Crippen molar-refractivity contribution in [3.8, 4) is 11.5 Å². The third-order valence-electron chi connectivity index (χ3n) is 1.53. The summed E-state index contributed by atoms with van der Waals surface area (Å²) >= 11 is 0. The number of hydrogen-bond acceptors (Lipinski definition) is 5. The van der Waals surface area contributed by atoms with E-state index in [2.05, 4.69) is 10.5 Å². The van der Waals surface area contributed by atoms with Gasteiger partial charge in [0.15, 0.2) is 0 Å². The quantitative estimate of drug-likeness (QED) is 0.310. The molecule has 76 valence electrons. The van der Waals surface area contributed by atoms with Gasteiger partial charge in [0.1, 0.15) is 11.5 Å². The van der Waals surface area contributed by atoms with Crippen molar-refractivity contribution < 1.29 is 15.3 Å². The van der Waals surface area contributed by atoms with Crippen LogP contribution in [0.4, 0.5) is 0 Å². The first-order valence-electron chi connectivity index (χ1n) is 4.13. The Hall–Kier alpha value is -1.75. The molecule has 0 spiro atoms. The van der Waals surface area contributed by atoms with E-state index < -0.39 is 0 Å². The van der Waals surface area contributed by atoms with Gasteiger partial charge >= 0.3 is 0 Å². The molecule has 0 heterocycles. The zero-order chi connectivity index (χ0) is 10.4. The maximum Gasteiger partial charge on any atom is 0.128 e. The average Bonchev–Trinajstić information content (AvgIpc) is 2.15. The number of rotatable bonds is 4. The summed E-state index contributed by atoms with van der Waals surface area (Å²) in [5.41, 5.74) is 3.06. The monoisotopic (exact) mass is 196 g/mol. The molecule has 0 saturated carbocycles. The maximum atomic E-state index is 9.32. The SMILES string of the molecule is OCCNN=Cc1ccc(O)cc1O. The Balaban J connectivity index is 2.62. The first-order chi connectivity index (χ1) is 6.74. The number of nitrogens with one attached hydrogen (secondary N) is 1. The highest BCUT2D eigenvalue weighted by atomic mass is 16.3. The summed E-state index contributed by atoms with van der Waals surface area (Å²) in [6.07, 6.45) is 1.41. The van der Waals surface area contributed by atoms with Gasteiger partial charge in [0.25, 0.3) is 0 Å². The maximum absolute atomic E-state index is 9.32. The molecule has 0 radical (unpaired) electrons. The molecular formula is C9H12N2O3. The summed E-state index contributed by atoms with van der Waals surface area (Å²) in [5.74, 6) is -0.0393. The largest absolute Gasteiger partial charge is 0.508 e. The molecule has 5 heteroatoms. The molecule has 14 heavy (non-hydrogen) atoms. The van der Waals surface area contributed by atoms with Crippen LogP contribution in [0.3, 0.4) is 0 Å². The minimum Gasteiger partial charge on any atom is -0.508 e. The second-order valence-corrected chi connectivity index (χ2v) is 2.63. The molecule has 0 aliphatic rings. The van der Waals surface area contributed by atoms with Crippen molar-refractivity contribution >= 4 is 6.21 Å². The number of hydrazone groups is 1. The summed E-state index contributed by atoms with van der Waals surface area (Å²) in [4.78, 5) is 0. The molecule has 0 saturated heterocycles. The van der Waals surface area contributed by atoms with Crippen LogP contribution in [0.2, 0.25) is 0 Å². The van der Waals surface area contributed by atoms with Crippen LogP contribution in [-0.2, 0) is 0 Å². The molecule has 0 aromatic heterocycles. The fraction of sp³-hybridized carbons (Fsp3) is 0.222. The van der Waals surface area contributed by atoms with Crippen LogP contribution in [0.15, 0.2) is 23.3 Å². The van der Waals surface area contributed by atoms with E-state index in [1.807, 2.05) is 0 Å². The van der Waals surface area contributed by atoms with Gasteiger partial charge in [-0.3, -0.25) is 0 Å². The third kappa shape index (κ3) is 2.95. The molecule has 0 fully saturated rings. The van der Waals surface area contributed by atoms with Crippen LogP contribution in [0.25, 0.3) is 0 Å². The fourth-order valence-electron chi connectivity index (χ4n) is 0.871. The highest BCUT2D eigenvalue weighted by Gasteiger charge is 1.98. The third-order valence-corrected chi connectivity index (χ3v) is 1.53. The number of hydrogen-bond donors (Lipinski definition) is 4. The van der Waals surface area contributed by atoms with E-state index in [1.165, 1.54) is 24.4 Å². The fourth-order valence-corrected chi connectivity index (χ4v) is 0.871. The zero-order valence-electron chi connectivity index (χ0n) is 7.51. The lowest BCUT2D eigenvalue weighted by Gasteiger charge is -1.99. The molecular weight excluding hydrogens is 184 g/mol. The van der Waals surface area contributed by atoms with Gasteiger partial charge in [-0.15, -0.1) is 0 Å². The van der Waals surface area contributed by atoms with Gasteiger partial charge in [-0.05, 0) is 12.1 Å². The summed E-state index contributed by atoms with van der Waals surface area (Å²) in [6.45, 7) is 0.355. The Morgan fingerprint density at radius 2 is 2.14 bits per heavy atom. The zero-order valence-corrected chi connectivity index (χ0v) is 7.51. The molecule has 0 bridgehead atoms. The van der Waals surface area contributed by atoms with Crippen molar-refractivity contribution in [2.75, 3.05) is 13.2 Å². The Morgan fingerprint density at radius 3 is 2.79 bits per heavy atom. The van der Waals surface area contributed by atoms with Gasteiger partial charge in [-0.25, -0.2) is 0 Å². The van der Waals surface area contributed by atoms with E-state index in [1.54, 1.807) is 0 Å². The number of benzene rings is 1. The summed E-state index contributed by atoms with van der Waals surface area (Å²) in [7, 11) is 0. The molecule has 1 aromatic rings. The lowest BCUT2D eigenvalue weighted by atomic mass is 10.2. The summed E-state index contributed by atoms with van der Waals surface area (Å²) in [6, 6.07) is 4.22. The number of phenolic OH excluding ortho intramolecular Hbond substituents is 2. The number of nitrogens with zero attached hydrogens (tertiary/aromatic N) is 1. The normalized spacial score (nSPS) is 10.6. The Kier molecular flexibility index (Phi) is 3.75. The van der Waals surface area contributed by atoms with Crippen molar-refractivity contribution in [2.45, 2.75) is 0 Å². The van der Waals surface area contributed by atoms with E-state index in [0.717, 1.165) is 0 Å². The van der Waals surface area contributed by atoms with Gasteiger partial charge in [-0.1, -0.05) is 0 Å². The smallest absolute Gasteiger partial charge is 0.128 e. The van der Waals surface area contributed by atoms with Gasteiger partial charge in [0, 0.05) is 11.6 Å². The minimum absolute atomic E-state index is 0.00109. The second kappa shape index (κ2) is 5.08. The first kappa shape index (κ1) is 10.3. The van der Waals surface area contributed by atoms with Gasteiger partial charge < -0.3 is 20.7 Å². The van der Waals surface area contributed by atoms with E-state index in [4.69, 9.17) is 10.2 Å². The number of phenols is 2. The molecule has 5 nitrogen and oxygen atoms in total. The van der Waals surface area contributed by atoms with Crippen molar-refractivity contribution in [1.29, 1.82) is 0 Å². The predicted molar refractivity (Wildman–Crippen MR) is 52.5 cm³/mol. The van der Waals surface area contributed by atoms with Crippen LogP contribution in [0.5, 0.6) is 11.5 Å². The minimum atomic E-state index is -0.0421. The van der Waals surface area contributed by atoms with Crippen LogP contribution >= 0.6 is 0 Å². The molecule has 1 aromatic carbocycles. The summed E-state index contributed by atoms with van der Waals surface area (Å²) in [5, 5.41) is 30.5. The highest BCUT2D eigenvalue weighted by molar-refractivity contribution is 5.83. The molecule has 1 rings (SSSR count). The van der Waals surface area contributed by atoms with Crippen molar-refractivity contribution in [2.24, 2.45) is 5.10 Å². The van der Waals surface area contributed by atoms with Crippen molar-refractivity contribution in [3.05, 3.63) is 23.8 Å². The van der Waals surface area contributed by atoms with Crippen molar-refractivity contribution in [3.63, 3.8) is 0 Å². The Labute approximate surface area is 81.3 Å². The van der Waals surface area contributed by atoms with Crippen LogP contribution in [-0.4, -0.2) is 34.7 Å². The standard InChI is InChI=1S/C9H12N2O3/c12-4-3-10-11-6-7-1-2-8(13)5-9(7)14/h1-2,5-6,10,12-14H,3-4H2. The average molecular weight is 196 g/mol. The molecule has 0 aliphatic carbocycles. The summed E-state index contributed by atoms with van der Waals surface area (Å²) < 4.78 is 0. The van der Waals surface area contributed by atoms with Gasteiger partial charge in [-0.2, -0.15) is 5.10 Å². The molecule has 0 aliphatic heterocycles.